The van der Waals surface area contributed by atoms with Crippen molar-refractivity contribution in [2.45, 2.75) is 71.1 Å². The van der Waals surface area contributed by atoms with E-state index in [2.05, 4.69) is 18.2 Å². The van der Waals surface area contributed by atoms with E-state index in [0.717, 1.165) is 76.0 Å². The number of hydrogen-bond acceptors (Lipinski definition) is 4. The summed E-state index contributed by atoms with van der Waals surface area (Å²) in [5.74, 6) is 1.95. The number of piperidine rings is 1. The number of amides is 2. The smallest absolute Gasteiger partial charge is 0.260 e. The number of nitrogens with zero attached hydrogens (tertiary/aromatic N) is 2. The Morgan fingerprint density at radius 1 is 0.842 bits per heavy atom. The van der Waals surface area contributed by atoms with E-state index < -0.39 is 0 Å². The minimum Gasteiger partial charge on any atom is -0.491 e. The van der Waals surface area contributed by atoms with E-state index in [1.54, 1.807) is 6.92 Å². The quantitative estimate of drug-likeness (QED) is 0.560. The summed E-state index contributed by atoms with van der Waals surface area (Å²) >= 11 is 0. The first-order valence-corrected chi connectivity index (χ1v) is 14.5. The second-order valence-electron chi connectivity index (χ2n) is 11.4. The van der Waals surface area contributed by atoms with Gasteiger partial charge in [0.15, 0.2) is 6.61 Å². The first-order valence-electron chi connectivity index (χ1n) is 14.5. The average molecular weight is 519 g/mol. The van der Waals surface area contributed by atoms with Crippen molar-refractivity contribution in [2.75, 3.05) is 39.4 Å². The number of ether oxygens (including phenoxy) is 2. The first kappa shape index (κ1) is 26.6. The second kappa shape index (κ2) is 12.2. The fourth-order valence-electron chi connectivity index (χ4n) is 6.52. The lowest BCUT2D eigenvalue weighted by molar-refractivity contribution is -0.138. The Morgan fingerprint density at radius 3 is 2.42 bits per heavy atom. The standard InChI is InChI=1S/C32H42N2O4/c1-25(35)33-19-17-32(18-20-33)16-7-6-11-27-10-3-5-14-29(27)37-22-21-34(24-32)31(36)23-38-30-15-8-12-26-9-2-4-13-28(26)30/h3,5,8,10,12,14-15H,2,4,6-7,9,11,13,16-24H2,1H3. The van der Waals surface area contributed by atoms with Gasteiger partial charge in [0.1, 0.15) is 18.1 Å². The number of fused-ring (bicyclic) bond motifs is 2. The van der Waals surface area contributed by atoms with Crippen molar-refractivity contribution in [1.82, 2.24) is 9.80 Å². The molecular weight excluding hydrogens is 476 g/mol. The third-order valence-electron chi connectivity index (χ3n) is 8.85. The van der Waals surface area contributed by atoms with Crippen LogP contribution in [0.1, 0.15) is 68.6 Å². The van der Waals surface area contributed by atoms with Crippen LogP contribution in [0.5, 0.6) is 11.5 Å². The van der Waals surface area contributed by atoms with Crippen molar-refractivity contribution in [3.05, 3.63) is 59.2 Å². The first-order chi connectivity index (χ1) is 18.5. The molecule has 3 aliphatic rings. The van der Waals surface area contributed by atoms with E-state index in [1.165, 1.54) is 29.5 Å². The molecule has 38 heavy (non-hydrogen) atoms. The number of hydrogen-bond donors (Lipinski definition) is 0. The van der Waals surface area contributed by atoms with Crippen molar-refractivity contribution in [3.8, 4) is 11.5 Å². The molecule has 5 rings (SSSR count). The van der Waals surface area contributed by atoms with Gasteiger partial charge in [-0.2, -0.15) is 0 Å². The maximum Gasteiger partial charge on any atom is 0.260 e. The predicted octanol–water partition coefficient (Wildman–Crippen LogP) is 5.21. The Hall–Kier alpha value is -3.02. The van der Waals surface area contributed by atoms with Crippen LogP contribution in [0, 0.1) is 5.41 Å². The molecule has 1 aliphatic carbocycles. The highest BCUT2D eigenvalue weighted by Gasteiger charge is 2.38. The Balaban J connectivity index is 1.33. The zero-order chi connectivity index (χ0) is 26.4. The zero-order valence-electron chi connectivity index (χ0n) is 22.9. The van der Waals surface area contributed by atoms with E-state index in [0.29, 0.717) is 19.7 Å². The average Bonchev–Trinajstić information content (AvgIpc) is 2.94. The lowest BCUT2D eigenvalue weighted by Crippen LogP contribution is -2.50. The molecule has 2 aromatic carbocycles. The van der Waals surface area contributed by atoms with Gasteiger partial charge >= 0.3 is 0 Å². The molecule has 0 unspecified atom stereocenters. The number of likely N-dealkylation sites (tertiary alicyclic amines) is 1. The largest absolute Gasteiger partial charge is 0.491 e. The van der Waals surface area contributed by atoms with E-state index >= 15 is 0 Å². The summed E-state index contributed by atoms with van der Waals surface area (Å²) < 4.78 is 12.4. The molecule has 2 heterocycles. The van der Waals surface area contributed by atoms with Gasteiger partial charge in [0.05, 0.1) is 6.54 Å². The monoisotopic (exact) mass is 518 g/mol. The number of carbonyl (C=O) groups excluding carboxylic acids is 2. The molecule has 0 N–H and O–H groups in total. The van der Waals surface area contributed by atoms with Gasteiger partial charge in [-0.25, -0.2) is 0 Å². The Kier molecular flexibility index (Phi) is 8.55. The highest BCUT2D eigenvalue weighted by Crippen LogP contribution is 2.38. The van der Waals surface area contributed by atoms with Gasteiger partial charge in [0, 0.05) is 26.6 Å². The summed E-state index contributed by atoms with van der Waals surface area (Å²) in [6.45, 7) is 4.91. The molecule has 0 bridgehead atoms. The maximum atomic E-state index is 13.7. The number of carbonyl (C=O) groups is 2. The molecule has 2 amide bonds. The third kappa shape index (κ3) is 6.33. The van der Waals surface area contributed by atoms with Crippen LogP contribution in [0.3, 0.4) is 0 Å². The fraction of sp³-hybridized carbons (Fsp3) is 0.562. The lowest BCUT2D eigenvalue weighted by Gasteiger charge is -2.44. The molecule has 2 aliphatic heterocycles. The van der Waals surface area contributed by atoms with Gasteiger partial charge in [-0.3, -0.25) is 9.59 Å². The van der Waals surface area contributed by atoms with E-state index in [1.807, 2.05) is 34.1 Å². The summed E-state index contributed by atoms with van der Waals surface area (Å²) in [6.07, 6.45) is 10.6. The summed E-state index contributed by atoms with van der Waals surface area (Å²) in [6, 6.07) is 14.5. The Morgan fingerprint density at radius 2 is 1.58 bits per heavy atom. The highest BCUT2D eigenvalue weighted by atomic mass is 16.5. The summed E-state index contributed by atoms with van der Waals surface area (Å²) in [5.41, 5.74) is 3.89. The molecule has 204 valence electrons. The van der Waals surface area contributed by atoms with Crippen LogP contribution in [0.25, 0.3) is 0 Å². The van der Waals surface area contributed by atoms with Gasteiger partial charge in [-0.05, 0) is 92.0 Å². The normalized spacial score (nSPS) is 19.8. The number of rotatable bonds is 3. The molecule has 6 nitrogen and oxygen atoms in total. The van der Waals surface area contributed by atoms with Crippen molar-refractivity contribution >= 4 is 11.8 Å². The van der Waals surface area contributed by atoms with E-state index in [4.69, 9.17) is 9.47 Å². The fourth-order valence-corrected chi connectivity index (χ4v) is 6.52. The molecule has 1 spiro atoms. The van der Waals surface area contributed by atoms with Crippen LogP contribution >= 0.6 is 0 Å². The molecule has 1 saturated heterocycles. The van der Waals surface area contributed by atoms with Gasteiger partial charge < -0.3 is 19.3 Å². The molecule has 6 heteroatoms. The van der Waals surface area contributed by atoms with Crippen molar-refractivity contribution in [3.63, 3.8) is 0 Å². The van der Waals surface area contributed by atoms with E-state index in [-0.39, 0.29) is 23.8 Å². The molecule has 1 fully saturated rings. The second-order valence-corrected chi connectivity index (χ2v) is 11.4. The number of aryl methyl sites for hydroxylation is 2. The van der Waals surface area contributed by atoms with Gasteiger partial charge in [0.25, 0.3) is 5.91 Å². The minimum absolute atomic E-state index is 0.0146. The predicted molar refractivity (Wildman–Crippen MR) is 149 cm³/mol. The highest BCUT2D eigenvalue weighted by molar-refractivity contribution is 5.78. The third-order valence-corrected chi connectivity index (χ3v) is 8.85. The van der Waals surface area contributed by atoms with Crippen molar-refractivity contribution in [2.24, 2.45) is 5.41 Å². The zero-order valence-corrected chi connectivity index (χ0v) is 22.9. The summed E-state index contributed by atoms with van der Waals surface area (Å²) in [4.78, 5) is 29.6. The minimum atomic E-state index is 0.0146. The van der Waals surface area contributed by atoms with Crippen LogP contribution in [0.2, 0.25) is 0 Å². The van der Waals surface area contributed by atoms with Crippen LogP contribution in [-0.2, 0) is 28.9 Å². The Labute approximate surface area is 227 Å². The van der Waals surface area contributed by atoms with Crippen LogP contribution in [-0.4, -0.2) is 61.0 Å². The number of benzene rings is 2. The molecule has 0 saturated carbocycles. The molecule has 0 atom stereocenters. The molecule has 2 aromatic rings. The summed E-state index contributed by atoms with van der Waals surface area (Å²) in [5, 5.41) is 0. The molecule has 0 radical (unpaired) electrons. The maximum absolute atomic E-state index is 13.7. The molecular formula is C32H42N2O4. The van der Waals surface area contributed by atoms with Gasteiger partial charge in [0.2, 0.25) is 5.91 Å². The number of para-hydroxylation sites is 1. The van der Waals surface area contributed by atoms with Gasteiger partial charge in [-0.1, -0.05) is 36.8 Å². The van der Waals surface area contributed by atoms with Crippen molar-refractivity contribution < 1.29 is 19.1 Å². The van der Waals surface area contributed by atoms with Gasteiger partial charge in [-0.15, -0.1) is 0 Å². The molecule has 0 aromatic heterocycles. The Bertz CT molecular complexity index is 1120. The SMILES string of the molecule is CC(=O)N1CCC2(CCCCc3ccccc3OCCN(C(=O)COc3cccc4c3CCCC4)C2)CC1. The topological polar surface area (TPSA) is 59.1 Å². The summed E-state index contributed by atoms with van der Waals surface area (Å²) in [7, 11) is 0. The van der Waals surface area contributed by atoms with Crippen LogP contribution < -0.4 is 9.47 Å². The lowest BCUT2D eigenvalue weighted by atomic mass is 9.73. The van der Waals surface area contributed by atoms with Crippen LogP contribution in [0.4, 0.5) is 0 Å². The van der Waals surface area contributed by atoms with E-state index in [9.17, 15) is 9.59 Å². The van der Waals surface area contributed by atoms with Crippen molar-refractivity contribution in [1.29, 1.82) is 0 Å². The van der Waals surface area contributed by atoms with Crippen LogP contribution in [0.15, 0.2) is 42.5 Å².